The van der Waals surface area contributed by atoms with E-state index in [1.165, 1.54) is 0 Å². The van der Waals surface area contributed by atoms with Crippen LogP contribution in [0.25, 0.3) is 0 Å². The van der Waals surface area contributed by atoms with Crippen molar-refractivity contribution in [3.05, 3.63) is 34.4 Å². The quantitative estimate of drug-likeness (QED) is 0.495. The molecule has 2 N–H and O–H groups in total. The van der Waals surface area contributed by atoms with Crippen molar-refractivity contribution in [1.82, 2.24) is 19.6 Å². The van der Waals surface area contributed by atoms with Crippen LogP contribution in [0.5, 0.6) is 0 Å². The van der Waals surface area contributed by atoms with Gasteiger partial charge in [0, 0.05) is 92.9 Å². The number of thiocarbonyl (C=S) groups is 4. The van der Waals surface area contributed by atoms with Gasteiger partial charge in [0.2, 0.25) is 0 Å². The van der Waals surface area contributed by atoms with Crippen molar-refractivity contribution in [3.8, 4) is 0 Å². The van der Waals surface area contributed by atoms with Crippen molar-refractivity contribution >= 4 is 69.6 Å². The summed E-state index contributed by atoms with van der Waals surface area (Å²) >= 11 is 22.6. The van der Waals surface area contributed by atoms with Gasteiger partial charge in [-0.3, -0.25) is 9.80 Å². The summed E-state index contributed by atoms with van der Waals surface area (Å²) in [6.45, 7) is 8.37. The van der Waals surface area contributed by atoms with E-state index >= 15 is 0 Å². The van der Waals surface area contributed by atoms with Crippen LogP contribution in [0.2, 0.25) is 0 Å². The fraction of sp³-hybridized carbons (Fsp3) is 0.545. The summed E-state index contributed by atoms with van der Waals surface area (Å²) in [6, 6.07) is 3.99. The standard InChI is InChI=1S/C22H30N4O2S4/c27-13-11-23-3-7-25(8-4-23)21(31)18-2-1-17(15-29)19(16-30)20(18)22(32)26-9-5-24(6-10-26)12-14-28/h1-2,15-16,27-28H,3-14H2. The van der Waals surface area contributed by atoms with Crippen molar-refractivity contribution in [2.75, 3.05) is 78.7 Å². The molecule has 1 aromatic rings. The zero-order valence-electron chi connectivity index (χ0n) is 18.1. The van der Waals surface area contributed by atoms with Gasteiger partial charge in [0.25, 0.3) is 0 Å². The van der Waals surface area contributed by atoms with Gasteiger partial charge < -0.3 is 20.0 Å². The van der Waals surface area contributed by atoms with E-state index in [-0.39, 0.29) is 13.2 Å². The summed E-state index contributed by atoms with van der Waals surface area (Å²) in [6.07, 6.45) is 0. The number of piperazine rings is 2. The third kappa shape index (κ3) is 5.92. The molecule has 1 aromatic carbocycles. The SMILES string of the molecule is OCCN1CCN(C(=S)c2ccc(C=S)c(C=S)c2C(=S)N2CCN(CCO)CC2)CC1. The minimum atomic E-state index is 0.167. The molecule has 0 radical (unpaired) electrons. The maximum atomic E-state index is 9.22. The van der Waals surface area contributed by atoms with Gasteiger partial charge in [0.1, 0.15) is 9.98 Å². The summed E-state index contributed by atoms with van der Waals surface area (Å²) < 4.78 is 0. The van der Waals surface area contributed by atoms with Crippen LogP contribution >= 0.6 is 48.9 Å². The van der Waals surface area contributed by atoms with E-state index in [9.17, 15) is 10.2 Å². The van der Waals surface area contributed by atoms with Crippen LogP contribution in [0.4, 0.5) is 0 Å². The van der Waals surface area contributed by atoms with Gasteiger partial charge in [0.05, 0.1) is 13.2 Å². The third-order valence-electron chi connectivity index (χ3n) is 6.12. The molecular weight excluding hydrogens is 481 g/mol. The van der Waals surface area contributed by atoms with Crippen LogP contribution in [0.3, 0.4) is 0 Å². The maximum Gasteiger partial charge on any atom is 0.110 e. The van der Waals surface area contributed by atoms with E-state index < -0.39 is 0 Å². The topological polar surface area (TPSA) is 53.4 Å². The van der Waals surface area contributed by atoms with Gasteiger partial charge in [-0.05, 0) is 5.56 Å². The normalized spacial score (nSPS) is 17.9. The van der Waals surface area contributed by atoms with Gasteiger partial charge in [-0.15, -0.1) is 0 Å². The number of β-amino-alcohol motifs (C(OH)–C–C–N with tert-alkyl or cyclic N) is 2. The van der Waals surface area contributed by atoms with E-state index in [2.05, 4.69) is 19.6 Å². The number of benzene rings is 1. The molecule has 2 saturated heterocycles. The van der Waals surface area contributed by atoms with Crippen molar-refractivity contribution in [3.63, 3.8) is 0 Å². The van der Waals surface area contributed by atoms with Crippen LogP contribution in [0.15, 0.2) is 12.1 Å². The number of hydrogen-bond donors (Lipinski definition) is 2. The number of aliphatic hydroxyl groups is 2. The Balaban J connectivity index is 1.87. The second-order valence-corrected chi connectivity index (χ2v) is 9.19. The number of rotatable bonds is 8. The minimum Gasteiger partial charge on any atom is -0.395 e. The van der Waals surface area contributed by atoms with Crippen molar-refractivity contribution in [2.24, 2.45) is 0 Å². The molecular formula is C22H30N4O2S4. The minimum absolute atomic E-state index is 0.167. The largest absolute Gasteiger partial charge is 0.395 e. The smallest absolute Gasteiger partial charge is 0.110 e. The highest BCUT2D eigenvalue weighted by Crippen LogP contribution is 2.24. The molecule has 0 saturated carbocycles. The van der Waals surface area contributed by atoms with Crippen molar-refractivity contribution in [1.29, 1.82) is 0 Å². The van der Waals surface area contributed by atoms with Gasteiger partial charge in [0.15, 0.2) is 0 Å². The summed E-state index contributed by atoms with van der Waals surface area (Å²) in [7, 11) is 0. The van der Waals surface area contributed by atoms with E-state index in [0.717, 1.165) is 84.6 Å². The summed E-state index contributed by atoms with van der Waals surface area (Å²) in [4.78, 5) is 10.4. The summed E-state index contributed by atoms with van der Waals surface area (Å²) in [5, 5.41) is 21.7. The molecule has 0 aliphatic carbocycles. The predicted molar refractivity (Wildman–Crippen MR) is 146 cm³/mol. The predicted octanol–water partition coefficient (Wildman–Crippen LogP) is 0.953. The molecule has 2 fully saturated rings. The Morgan fingerprint density at radius 1 is 0.750 bits per heavy atom. The Labute approximate surface area is 211 Å². The Hall–Kier alpha value is -0.980. The highest BCUT2D eigenvalue weighted by molar-refractivity contribution is 7.81. The molecule has 0 bridgehead atoms. The number of nitrogens with zero attached hydrogens (tertiary/aromatic N) is 4. The molecule has 0 amide bonds. The zero-order chi connectivity index (χ0) is 23.1. The second-order valence-electron chi connectivity index (χ2n) is 7.94. The second kappa shape index (κ2) is 12.5. The highest BCUT2D eigenvalue weighted by Gasteiger charge is 2.27. The number of hydrogen-bond acceptors (Lipinski definition) is 8. The average Bonchev–Trinajstić information content (AvgIpc) is 2.83. The van der Waals surface area contributed by atoms with Gasteiger partial charge in [-0.25, -0.2) is 0 Å². The molecule has 174 valence electrons. The lowest BCUT2D eigenvalue weighted by molar-refractivity contribution is 0.148. The zero-order valence-corrected chi connectivity index (χ0v) is 21.4. The first-order valence-corrected chi connectivity index (χ1v) is 12.6. The van der Waals surface area contributed by atoms with E-state index in [1.54, 1.807) is 10.7 Å². The molecule has 0 atom stereocenters. The fourth-order valence-corrected chi connectivity index (χ4v) is 5.45. The molecule has 2 aliphatic heterocycles. The van der Waals surface area contributed by atoms with E-state index in [1.807, 2.05) is 12.1 Å². The molecule has 0 spiro atoms. The van der Waals surface area contributed by atoms with Crippen LogP contribution < -0.4 is 0 Å². The Kier molecular flexibility index (Phi) is 9.99. The molecule has 32 heavy (non-hydrogen) atoms. The first-order chi connectivity index (χ1) is 15.5. The van der Waals surface area contributed by atoms with E-state index in [0.29, 0.717) is 13.1 Å². The average molecular weight is 511 g/mol. The fourth-order valence-electron chi connectivity index (χ4n) is 4.23. The molecule has 2 aliphatic rings. The Morgan fingerprint density at radius 2 is 1.25 bits per heavy atom. The molecule has 0 aromatic heterocycles. The monoisotopic (exact) mass is 510 g/mol. The van der Waals surface area contributed by atoms with Gasteiger partial charge in [-0.2, -0.15) is 0 Å². The maximum absolute atomic E-state index is 9.22. The molecule has 0 unspecified atom stereocenters. The first kappa shape index (κ1) is 25.6. The molecule has 10 heteroatoms. The highest BCUT2D eigenvalue weighted by atomic mass is 32.1. The van der Waals surface area contributed by atoms with Gasteiger partial charge in [-0.1, -0.05) is 61.0 Å². The van der Waals surface area contributed by atoms with Crippen LogP contribution in [-0.2, 0) is 0 Å². The van der Waals surface area contributed by atoms with Crippen molar-refractivity contribution in [2.45, 2.75) is 0 Å². The van der Waals surface area contributed by atoms with Gasteiger partial charge >= 0.3 is 0 Å². The first-order valence-electron chi connectivity index (χ1n) is 10.9. The van der Waals surface area contributed by atoms with E-state index in [4.69, 9.17) is 48.9 Å². The van der Waals surface area contributed by atoms with Crippen LogP contribution in [0.1, 0.15) is 22.3 Å². The lowest BCUT2D eigenvalue weighted by atomic mass is 9.95. The Morgan fingerprint density at radius 3 is 1.69 bits per heavy atom. The Bertz CT molecular complexity index is 851. The molecule has 6 nitrogen and oxygen atoms in total. The summed E-state index contributed by atoms with van der Waals surface area (Å²) in [5.74, 6) is 0. The van der Waals surface area contributed by atoms with Crippen molar-refractivity contribution < 1.29 is 10.2 Å². The molecule has 3 rings (SSSR count). The number of aliphatic hydroxyl groups excluding tert-OH is 2. The van der Waals surface area contributed by atoms with Crippen LogP contribution in [0, 0.1) is 0 Å². The third-order valence-corrected chi connectivity index (χ3v) is 7.55. The lowest BCUT2D eigenvalue weighted by Crippen LogP contribution is -2.50. The molecule has 2 heterocycles. The lowest BCUT2D eigenvalue weighted by Gasteiger charge is -2.38. The van der Waals surface area contributed by atoms with Crippen LogP contribution in [-0.4, -0.2) is 129 Å². The summed E-state index contributed by atoms with van der Waals surface area (Å²) in [5.41, 5.74) is 3.56.